The second-order valence-corrected chi connectivity index (χ2v) is 5.42. The second kappa shape index (κ2) is 6.34. The fourth-order valence-corrected chi connectivity index (χ4v) is 1.62. The molecule has 0 saturated carbocycles. The first-order valence-corrected chi connectivity index (χ1v) is 6.41. The van der Waals surface area contributed by atoms with Crippen molar-refractivity contribution in [2.24, 2.45) is 0 Å². The molecule has 1 rings (SSSR count). The molecule has 0 aliphatic heterocycles. The summed E-state index contributed by atoms with van der Waals surface area (Å²) in [5.74, 6) is -0.240. The van der Waals surface area contributed by atoms with Gasteiger partial charge in [-0.05, 0) is 20.8 Å². The van der Waals surface area contributed by atoms with Gasteiger partial charge in [0.25, 0.3) is 5.91 Å². The van der Waals surface area contributed by atoms with E-state index < -0.39 is 11.7 Å². The number of nitrogens with zero attached hydrogens (tertiary/aromatic N) is 1. The van der Waals surface area contributed by atoms with Crippen LogP contribution in [0.2, 0.25) is 0 Å². The summed E-state index contributed by atoms with van der Waals surface area (Å²) in [5.41, 5.74) is -0.520. The van der Waals surface area contributed by atoms with Crippen molar-refractivity contribution in [3.63, 3.8) is 0 Å². The van der Waals surface area contributed by atoms with E-state index in [0.717, 1.165) is 0 Å². The predicted octanol–water partition coefficient (Wildman–Crippen LogP) is 1.40. The Bertz CT molecular complexity index is 398. The van der Waals surface area contributed by atoms with Crippen LogP contribution in [0.15, 0.2) is 11.6 Å². The molecule has 0 fully saturated rings. The van der Waals surface area contributed by atoms with Crippen molar-refractivity contribution in [2.75, 3.05) is 13.1 Å². The number of aromatic nitrogens is 1. The van der Waals surface area contributed by atoms with Gasteiger partial charge in [0.1, 0.15) is 5.60 Å². The molecule has 100 valence electrons. The van der Waals surface area contributed by atoms with Crippen LogP contribution in [0.5, 0.6) is 0 Å². The van der Waals surface area contributed by atoms with E-state index in [1.54, 1.807) is 32.3 Å². The van der Waals surface area contributed by atoms with E-state index in [1.807, 2.05) is 0 Å². The summed E-state index contributed by atoms with van der Waals surface area (Å²) < 4.78 is 5.04. The van der Waals surface area contributed by atoms with Gasteiger partial charge in [0.15, 0.2) is 5.01 Å². The van der Waals surface area contributed by atoms with Crippen molar-refractivity contribution in [3.8, 4) is 0 Å². The minimum Gasteiger partial charge on any atom is -0.444 e. The zero-order chi connectivity index (χ0) is 13.6. The Kier molecular flexibility index (Phi) is 5.08. The number of rotatable bonds is 4. The van der Waals surface area contributed by atoms with Gasteiger partial charge in [-0.2, -0.15) is 0 Å². The molecular formula is C11H17N3O3S. The molecule has 0 unspecified atom stereocenters. The maximum Gasteiger partial charge on any atom is 0.407 e. The first-order valence-electron chi connectivity index (χ1n) is 5.53. The van der Waals surface area contributed by atoms with E-state index in [9.17, 15) is 9.59 Å². The standard InChI is InChI=1S/C11H17N3O3S/c1-11(2,3)17-10(16)14-5-4-12-8(15)9-13-6-7-18-9/h6-7H,4-5H2,1-3H3,(H,12,15)(H,14,16). The first-order chi connectivity index (χ1) is 8.38. The van der Waals surface area contributed by atoms with E-state index in [0.29, 0.717) is 18.1 Å². The molecule has 0 bridgehead atoms. The highest BCUT2D eigenvalue weighted by molar-refractivity contribution is 7.11. The average Bonchev–Trinajstić information content (AvgIpc) is 2.74. The number of ether oxygens (including phenoxy) is 1. The number of hydrogen-bond acceptors (Lipinski definition) is 5. The first kappa shape index (κ1) is 14.4. The second-order valence-electron chi connectivity index (χ2n) is 4.52. The fraction of sp³-hybridized carbons (Fsp3) is 0.545. The molecule has 0 atom stereocenters. The third-order valence-corrected chi connectivity index (χ3v) is 2.48. The van der Waals surface area contributed by atoms with Crippen molar-refractivity contribution in [3.05, 3.63) is 16.6 Å². The number of thiazole rings is 1. The van der Waals surface area contributed by atoms with Gasteiger partial charge < -0.3 is 15.4 Å². The van der Waals surface area contributed by atoms with Gasteiger partial charge in [-0.15, -0.1) is 11.3 Å². The molecule has 0 aliphatic rings. The maximum atomic E-state index is 11.5. The van der Waals surface area contributed by atoms with E-state index in [4.69, 9.17) is 4.74 Å². The Hall–Kier alpha value is -1.63. The minimum absolute atomic E-state index is 0.240. The van der Waals surface area contributed by atoms with Gasteiger partial charge in [-0.3, -0.25) is 4.79 Å². The van der Waals surface area contributed by atoms with Gasteiger partial charge in [-0.25, -0.2) is 9.78 Å². The Morgan fingerprint density at radius 1 is 1.33 bits per heavy atom. The lowest BCUT2D eigenvalue weighted by atomic mass is 10.2. The summed E-state index contributed by atoms with van der Waals surface area (Å²) in [6.45, 7) is 6.01. The molecule has 1 aromatic heterocycles. The van der Waals surface area contributed by atoms with Crippen LogP contribution in [0, 0.1) is 0 Å². The summed E-state index contributed by atoms with van der Waals surface area (Å²) in [5, 5.41) is 7.33. The molecule has 1 heterocycles. The topological polar surface area (TPSA) is 80.3 Å². The van der Waals surface area contributed by atoms with E-state index in [-0.39, 0.29) is 5.91 Å². The lowest BCUT2D eigenvalue weighted by Crippen LogP contribution is -2.37. The summed E-state index contributed by atoms with van der Waals surface area (Å²) in [4.78, 5) is 26.6. The number of nitrogens with one attached hydrogen (secondary N) is 2. The molecule has 0 spiro atoms. The normalized spacial score (nSPS) is 10.8. The van der Waals surface area contributed by atoms with Gasteiger partial charge in [-0.1, -0.05) is 0 Å². The highest BCUT2D eigenvalue weighted by atomic mass is 32.1. The zero-order valence-corrected chi connectivity index (χ0v) is 11.5. The van der Waals surface area contributed by atoms with Crippen molar-refractivity contribution < 1.29 is 14.3 Å². The molecular weight excluding hydrogens is 254 g/mol. The lowest BCUT2D eigenvalue weighted by Gasteiger charge is -2.19. The minimum atomic E-state index is -0.520. The monoisotopic (exact) mass is 271 g/mol. The SMILES string of the molecule is CC(C)(C)OC(=O)NCCNC(=O)c1nccs1. The lowest BCUT2D eigenvalue weighted by molar-refractivity contribution is 0.0526. The molecule has 0 aromatic carbocycles. The molecule has 2 amide bonds. The summed E-state index contributed by atoms with van der Waals surface area (Å²) in [7, 11) is 0. The largest absolute Gasteiger partial charge is 0.444 e. The Morgan fingerprint density at radius 3 is 2.56 bits per heavy atom. The van der Waals surface area contributed by atoms with Crippen LogP contribution in [0.3, 0.4) is 0 Å². The molecule has 0 saturated heterocycles. The van der Waals surface area contributed by atoms with E-state index in [1.165, 1.54) is 11.3 Å². The van der Waals surface area contributed by atoms with Crippen LogP contribution >= 0.6 is 11.3 Å². The van der Waals surface area contributed by atoms with Gasteiger partial charge in [0.05, 0.1) is 0 Å². The number of carbonyl (C=O) groups is 2. The maximum absolute atomic E-state index is 11.5. The number of alkyl carbamates (subject to hydrolysis) is 1. The molecule has 1 aromatic rings. The molecule has 2 N–H and O–H groups in total. The Labute approximate surface area is 110 Å². The van der Waals surface area contributed by atoms with Crippen molar-refractivity contribution >= 4 is 23.3 Å². The predicted molar refractivity (Wildman–Crippen MR) is 68.7 cm³/mol. The van der Waals surface area contributed by atoms with Gasteiger partial charge >= 0.3 is 6.09 Å². The van der Waals surface area contributed by atoms with Crippen LogP contribution in [0.1, 0.15) is 30.6 Å². The summed E-state index contributed by atoms with van der Waals surface area (Å²) in [6, 6.07) is 0. The number of carbonyl (C=O) groups excluding carboxylic acids is 2. The van der Waals surface area contributed by atoms with Crippen molar-refractivity contribution in [2.45, 2.75) is 26.4 Å². The fourth-order valence-electron chi connectivity index (χ4n) is 1.07. The molecule has 7 heteroatoms. The van der Waals surface area contributed by atoms with Crippen LogP contribution in [-0.2, 0) is 4.74 Å². The summed E-state index contributed by atoms with van der Waals surface area (Å²) in [6.07, 6.45) is 1.07. The van der Waals surface area contributed by atoms with Crippen LogP contribution in [-0.4, -0.2) is 35.7 Å². The highest BCUT2D eigenvalue weighted by Crippen LogP contribution is 2.06. The molecule has 0 aliphatic carbocycles. The quantitative estimate of drug-likeness (QED) is 0.811. The zero-order valence-electron chi connectivity index (χ0n) is 10.6. The average molecular weight is 271 g/mol. The molecule has 0 radical (unpaired) electrons. The third kappa shape index (κ3) is 5.62. The van der Waals surface area contributed by atoms with Crippen LogP contribution < -0.4 is 10.6 Å². The highest BCUT2D eigenvalue weighted by Gasteiger charge is 2.15. The van der Waals surface area contributed by atoms with Crippen molar-refractivity contribution in [1.29, 1.82) is 0 Å². The van der Waals surface area contributed by atoms with E-state index in [2.05, 4.69) is 15.6 Å². The number of amides is 2. The smallest absolute Gasteiger partial charge is 0.407 e. The molecule has 18 heavy (non-hydrogen) atoms. The summed E-state index contributed by atoms with van der Waals surface area (Å²) >= 11 is 1.27. The van der Waals surface area contributed by atoms with Crippen LogP contribution in [0.25, 0.3) is 0 Å². The third-order valence-electron chi connectivity index (χ3n) is 1.71. The Morgan fingerprint density at radius 2 is 2.00 bits per heavy atom. The molecule has 6 nitrogen and oxygen atoms in total. The van der Waals surface area contributed by atoms with E-state index >= 15 is 0 Å². The van der Waals surface area contributed by atoms with Gasteiger partial charge in [0, 0.05) is 24.7 Å². The Balaban J connectivity index is 2.16. The number of hydrogen-bond donors (Lipinski definition) is 2. The van der Waals surface area contributed by atoms with Crippen LogP contribution in [0.4, 0.5) is 4.79 Å². The van der Waals surface area contributed by atoms with Crippen molar-refractivity contribution in [1.82, 2.24) is 15.6 Å². The van der Waals surface area contributed by atoms with Gasteiger partial charge in [0.2, 0.25) is 0 Å².